The molecular weight excluding hydrogens is 380 g/mol. The lowest BCUT2D eigenvalue weighted by molar-refractivity contribution is -0.144. The summed E-state index contributed by atoms with van der Waals surface area (Å²) in [6, 6.07) is 8.76. The van der Waals surface area contributed by atoms with Gasteiger partial charge in [-0.1, -0.05) is 30.3 Å². The normalized spacial score (nSPS) is 26.7. The molecular formula is C20H26N2O3S2. The number of fused-ring (bicyclic) bond motifs is 1. The highest BCUT2D eigenvalue weighted by Crippen LogP contribution is 2.34. The molecule has 2 fully saturated rings. The van der Waals surface area contributed by atoms with E-state index in [2.05, 4.69) is 17.9 Å². The molecule has 1 aromatic rings. The van der Waals surface area contributed by atoms with Crippen molar-refractivity contribution in [2.75, 3.05) is 5.75 Å². The van der Waals surface area contributed by atoms with E-state index in [9.17, 15) is 14.4 Å². The highest BCUT2D eigenvalue weighted by Gasteiger charge is 2.42. The second-order valence-corrected chi connectivity index (χ2v) is 9.09. The molecule has 4 atom stereocenters. The second-order valence-electron chi connectivity index (χ2n) is 7.18. The number of hydrogen-bond donors (Lipinski definition) is 2. The fourth-order valence-electron chi connectivity index (χ4n) is 3.78. The molecule has 2 heterocycles. The molecule has 0 spiro atoms. The van der Waals surface area contributed by atoms with Crippen LogP contribution < -0.4 is 5.32 Å². The first-order valence-corrected chi connectivity index (χ1v) is 11.0. The van der Waals surface area contributed by atoms with Crippen molar-refractivity contribution >= 4 is 42.0 Å². The fourth-order valence-corrected chi connectivity index (χ4v) is 5.45. The third-order valence-corrected chi connectivity index (χ3v) is 6.94. The van der Waals surface area contributed by atoms with Crippen LogP contribution in [0.3, 0.4) is 0 Å². The zero-order chi connectivity index (χ0) is 19.4. The predicted octanol–water partition coefficient (Wildman–Crippen LogP) is 2.45. The highest BCUT2D eigenvalue weighted by molar-refractivity contribution is 7.99. The Morgan fingerprint density at radius 3 is 2.70 bits per heavy atom. The lowest BCUT2D eigenvalue weighted by atomic mass is 9.97. The van der Waals surface area contributed by atoms with E-state index >= 15 is 0 Å². The minimum Gasteiger partial charge on any atom is -0.343 e. The Labute approximate surface area is 170 Å². The Morgan fingerprint density at radius 2 is 2.00 bits per heavy atom. The van der Waals surface area contributed by atoms with Gasteiger partial charge in [0.25, 0.3) is 0 Å². The van der Waals surface area contributed by atoms with Crippen molar-refractivity contribution in [1.29, 1.82) is 0 Å². The van der Waals surface area contributed by atoms with E-state index in [0.29, 0.717) is 19.3 Å². The molecule has 0 aliphatic carbocycles. The van der Waals surface area contributed by atoms with Crippen LogP contribution in [0.15, 0.2) is 30.3 Å². The van der Waals surface area contributed by atoms with Crippen LogP contribution in [0.4, 0.5) is 0 Å². The quantitative estimate of drug-likeness (QED) is 0.737. The van der Waals surface area contributed by atoms with Gasteiger partial charge in [0, 0.05) is 0 Å². The van der Waals surface area contributed by atoms with E-state index in [-0.39, 0.29) is 29.0 Å². The Kier molecular flexibility index (Phi) is 6.87. The van der Waals surface area contributed by atoms with Crippen molar-refractivity contribution in [1.82, 2.24) is 10.2 Å². The van der Waals surface area contributed by atoms with E-state index in [1.165, 1.54) is 0 Å². The molecule has 0 aromatic heterocycles. The number of Topliss-reactive ketones (excluding diaryl/α,β-unsaturated/α-hetero) is 1. The van der Waals surface area contributed by atoms with Crippen molar-refractivity contribution in [3.63, 3.8) is 0 Å². The van der Waals surface area contributed by atoms with E-state index in [0.717, 1.165) is 24.2 Å². The van der Waals surface area contributed by atoms with E-state index in [1.807, 2.05) is 30.3 Å². The molecule has 146 valence electrons. The van der Waals surface area contributed by atoms with Crippen LogP contribution in [-0.2, 0) is 20.8 Å². The molecule has 3 rings (SSSR count). The summed E-state index contributed by atoms with van der Waals surface area (Å²) in [7, 11) is 0. The summed E-state index contributed by atoms with van der Waals surface area (Å²) in [6.45, 7) is 1.55. The van der Waals surface area contributed by atoms with Gasteiger partial charge < -0.3 is 10.2 Å². The van der Waals surface area contributed by atoms with Gasteiger partial charge in [-0.3, -0.25) is 14.4 Å². The third kappa shape index (κ3) is 4.88. The zero-order valence-corrected chi connectivity index (χ0v) is 17.2. The third-order valence-electron chi connectivity index (χ3n) is 5.20. The van der Waals surface area contributed by atoms with Crippen LogP contribution in [0.5, 0.6) is 0 Å². The molecule has 2 aliphatic heterocycles. The topological polar surface area (TPSA) is 66.5 Å². The summed E-state index contributed by atoms with van der Waals surface area (Å²) >= 11 is 6.16. The summed E-state index contributed by atoms with van der Waals surface area (Å²) in [6.07, 6.45) is 3.66. The first-order chi connectivity index (χ1) is 13.0. The van der Waals surface area contributed by atoms with Crippen LogP contribution in [0.25, 0.3) is 0 Å². The molecule has 2 unspecified atom stereocenters. The largest absolute Gasteiger partial charge is 0.343 e. The first-order valence-electron chi connectivity index (χ1n) is 9.44. The summed E-state index contributed by atoms with van der Waals surface area (Å²) in [5.41, 5.74) is 1.03. The van der Waals surface area contributed by atoms with Crippen molar-refractivity contribution in [2.45, 2.75) is 61.7 Å². The maximum atomic E-state index is 13.1. The number of piperidine rings is 1. The van der Waals surface area contributed by atoms with E-state index in [4.69, 9.17) is 0 Å². The average molecular weight is 407 g/mol. The SMILES string of the molecule is CC(=O)C1CCC[C@@H]2SCCC(NC(=O)[C@@H](S)Cc3ccccc3)C(=O)N12. The number of benzene rings is 1. The standard InChI is InChI=1S/C20H26N2O3S2/c1-13(23)16-8-5-9-18-22(16)20(25)15(10-11-27-18)21-19(24)17(26)12-14-6-3-2-4-7-14/h2-4,6-7,15-18,26H,5,8-12H2,1H3,(H,21,24)/t15?,16?,17-,18-/m0/s1. The van der Waals surface area contributed by atoms with E-state index in [1.54, 1.807) is 23.6 Å². The van der Waals surface area contributed by atoms with Gasteiger partial charge in [0.2, 0.25) is 11.8 Å². The minimum atomic E-state index is -0.583. The maximum Gasteiger partial charge on any atom is 0.246 e. The second kappa shape index (κ2) is 9.15. The van der Waals surface area contributed by atoms with Crippen molar-refractivity contribution in [2.24, 2.45) is 0 Å². The Morgan fingerprint density at radius 1 is 1.26 bits per heavy atom. The molecule has 2 saturated heterocycles. The van der Waals surface area contributed by atoms with Gasteiger partial charge in [-0.25, -0.2) is 0 Å². The Bertz CT molecular complexity index is 698. The molecule has 0 saturated carbocycles. The van der Waals surface area contributed by atoms with Crippen LogP contribution in [0.2, 0.25) is 0 Å². The number of rotatable bonds is 5. The van der Waals surface area contributed by atoms with Gasteiger partial charge in [0.15, 0.2) is 5.78 Å². The number of ketones is 1. The maximum absolute atomic E-state index is 13.1. The summed E-state index contributed by atoms with van der Waals surface area (Å²) < 4.78 is 0. The number of nitrogens with one attached hydrogen (secondary N) is 1. The number of thiol groups is 1. The number of thioether (sulfide) groups is 1. The average Bonchev–Trinajstić information content (AvgIpc) is 2.81. The number of nitrogens with zero attached hydrogens (tertiary/aromatic N) is 1. The summed E-state index contributed by atoms with van der Waals surface area (Å²) in [5, 5.41) is 2.41. The van der Waals surface area contributed by atoms with Gasteiger partial charge in [-0.2, -0.15) is 12.6 Å². The van der Waals surface area contributed by atoms with Crippen molar-refractivity contribution < 1.29 is 14.4 Å². The van der Waals surface area contributed by atoms with Crippen LogP contribution >= 0.6 is 24.4 Å². The first kappa shape index (κ1) is 20.3. The number of carbonyl (C=O) groups is 3. The Hall–Kier alpha value is -1.47. The zero-order valence-electron chi connectivity index (χ0n) is 15.5. The predicted molar refractivity (Wildman–Crippen MR) is 111 cm³/mol. The molecule has 2 amide bonds. The monoisotopic (exact) mass is 406 g/mol. The van der Waals surface area contributed by atoms with Gasteiger partial charge in [0.1, 0.15) is 6.04 Å². The molecule has 7 heteroatoms. The van der Waals surface area contributed by atoms with Gasteiger partial charge in [-0.15, -0.1) is 11.8 Å². The minimum absolute atomic E-state index is 0.0248. The fraction of sp³-hybridized carbons (Fsp3) is 0.550. The Balaban J connectivity index is 1.67. The number of amides is 2. The van der Waals surface area contributed by atoms with Crippen molar-refractivity contribution in [3.05, 3.63) is 35.9 Å². The molecule has 0 radical (unpaired) electrons. The summed E-state index contributed by atoms with van der Waals surface area (Å²) in [5.74, 6) is 0.453. The number of carbonyl (C=O) groups excluding carboxylic acids is 3. The molecule has 2 aliphatic rings. The lowest BCUT2D eigenvalue weighted by Crippen LogP contribution is -2.57. The van der Waals surface area contributed by atoms with Gasteiger partial charge in [-0.05, 0) is 50.3 Å². The lowest BCUT2D eigenvalue weighted by Gasteiger charge is -2.40. The molecule has 27 heavy (non-hydrogen) atoms. The van der Waals surface area contributed by atoms with Crippen LogP contribution in [0, 0.1) is 0 Å². The molecule has 5 nitrogen and oxygen atoms in total. The van der Waals surface area contributed by atoms with Crippen LogP contribution in [-0.4, -0.2) is 51.0 Å². The van der Waals surface area contributed by atoms with Gasteiger partial charge in [0.05, 0.1) is 16.7 Å². The molecule has 1 N–H and O–H groups in total. The molecule has 1 aromatic carbocycles. The smallest absolute Gasteiger partial charge is 0.246 e. The summed E-state index contributed by atoms with van der Waals surface area (Å²) in [4.78, 5) is 39.5. The van der Waals surface area contributed by atoms with Crippen LogP contribution in [0.1, 0.15) is 38.2 Å². The van der Waals surface area contributed by atoms with Crippen molar-refractivity contribution in [3.8, 4) is 0 Å². The molecule has 0 bridgehead atoms. The van der Waals surface area contributed by atoms with E-state index < -0.39 is 11.3 Å². The van der Waals surface area contributed by atoms with Gasteiger partial charge >= 0.3 is 0 Å². The highest BCUT2D eigenvalue weighted by atomic mass is 32.2. The number of hydrogen-bond acceptors (Lipinski definition) is 5.